The number of rotatable bonds is 8. The summed E-state index contributed by atoms with van der Waals surface area (Å²) in [5.74, 6) is 1.79. The molecule has 2 aromatic carbocycles. The molecule has 7 heteroatoms. The van der Waals surface area contributed by atoms with Gasteiger partial charge in [-0.2, -0.15) is 0 Å². The largest absolute Gasteiger partial charge is 0.495 e. The third-order valence-electron chi connectivity index (χ3n) is 4.12. The number of ether oxygens (including phenoxy) is 4. The van der Waals surface area contributed by atoms with E-state index < -0.39 is 0 Å². The van der Waals surface area contributed by atoms with Crippen molar-refractivity contribution in [1.29, 1.82) is 0 Å². The van der Waals surface area contributed by atoms with Crippen LogP contribution in [-0.2, 0) is 0 Å². The molecule has 0 fully saturated rings. The van der Waals surface area contributed by atoms with Crippen LogP contribution in [0.4, 0.5) is 5.69 Å². The number of carbonyl (C=O) groups is 1. The first-order chi connectivity index (χ1) is 13.4. The highest BCUT2D eigenvalue weighted by Crippen LogP contribution is 2.39. The fourth-order valence-corrected chi connectivity index (χ4v) is 2.95. The second-order valence-corrected chi connectivity index (χ2v) is 6.47. The Morgan fingerprint density at radius 1 is 0.893 bits per heavy atom. The zero-order valence-corrected chi connectivity index (χ0v) is 17.6. The summed E-state index contributed by atoms with van der Waals surface area (Å²) in [5.41, 5.74) is 1.89. The number of carbonyl (C=O) groups excluding carboxylic acids is 1. The van der Waals surface area contributed by atoms with Crippen LogP contribution in [0.2, 0.25) is 0 Å². The van der Waals surface area contributed by atoms with E-state index in [-0.39, 0.29) is 10.8 Å². The van der Waals surface area contributed by atoms with E-state index in [4.69, 9.17) is 30.5 Å². The van der Waals surface area contributed by atoms with E-state index in [0.29, 0.717) is 34.1 Å². The third-order valence-corrected chi connectivity index (χ3v) is 4.40. The molecular weight excluding hydrogens is 382 g/mol. The van der Waals surface area contributed by atoms with Gasteiger partial charge in [0.1, 0.15) is 5.75 Å². The molecular formula is C21H24ClNO5. The van der Waals surface area contributed by atoms with E-state index in [9.17, 15) is 4.79 Å². The van der Waals surface area contributed by atoms with Crippen molar-refractivity contribution in [1.82, 2.24) is 0 Å². The van der Waals surface area contributed by atoms with Gasteiger partial charge < -0.3 is 23.8 Å². The first kappa shape index (κ1) is 21.4. The number of hydrogen-bond acceptors (Lipinski definition) is 6. The number of allylic oxidation sites excluding steroid dienone is 1. The summed E-state index contributed by atoms with van der Waals surface area (Å²) in [6.45, 7) is 0. The summed E-state index contributed by atoms with van der Waals surface area (Å²) >= 11 is 6.32. The van der Waals surface area contributed by atoms with Crippen molar-refractivity contribution in [2.75, 3.05) is 47.4 Å². The zero-order chi connectivity index (χ0) is 20.8. The van der Waals surface area contributed by atoms with Gasteiger partial charge in [-0.05, 0) is 42.0 Å². The molecule has 0 heterocycles. The Kier molecular flexibility index (Phi) is 7.18. The maximum absolute atomic E-state index is 12.8. The molecule has 0 amide bonds. The number of ketones is 1. The predicted octanol–water partition coefficient (Wildman–Crippen LogP) is 4.25. The van der Waals surface area contributed by atoms with Gasteiger partial charge in [0.15, 0.2) is 11.5 Å². The maximum Gasteiger partial charge on any atom is 0.204 e. The third kappa shape index (κ3) is 4.51. The summed E-state index contributed by atoms with van der Waals surface area (Å²) < 4.78 is 21.3. The quantitative estimate of drug-likeness (QED) is 0.483. The Bertz CT molecular complexity index is 867. The van der Waals surface area contributed by atoms with E-state index >= 15 is 0 Å². The number of halogens is 1. The van der Waals surface area contributed by atoms with Crippen molar-refractivity contribution in [3.63, 3.8) is 0 Å². The van der Waals surface area contributed by atoms with Crippen LogP contribution >= 0.6 is 11.6 Å². The number of anilines is 1. The lowest BCUT2D eigenvalue weighted by molar-refractivity contribution is 0.104. The minimum atomic E-state index is -0.304. The van der Waals surface area contributed by atoms with Crippen molar-refractivity contribution in [2.45, 2.75) is 0 Å². The molecule has 0 bridgehead atoms. The summed E-state index contributed by atoms with van der Waals surface area (Å²) in [6.07, 6.45) is 1.56. The van der Waals surface area contributed by atoms with Crippen LogP contribution in [0, 0.1) is 0 Å². The first-order valence-corrected chi connectivity index (χ1v) is 8.81. The summed E-state index contributed by atoms with van der Waals surface area (Å²) in [6, 6.07) is 8.60. The van der Waals surface area contributed by atoms with Crippen LogP contribution in [0.3, 0.4) is 0 Å². The Balaban J connectivity index is 2.43. The van der Waals surface area contributed by atoms with Gasteiger partial charge in [-0.15, -0.1) is 0 Å². The smallest absolute Gasteiger partial charge is 0.204 e. The van der Waals surface area contributed by atoms with Gasteiger partial charge in [-0.1, -0.05) is 11.6 Å². The number of hydrogen-bond donors (Lipinski definition) is 0. The normalized spacial score (nSPS) is 11.0. The Morgan fingerprint density at radius 2 is 1.46 bits per heavy atom. The molecule has 0 aromatic heterocycles. The molecule has 2 aromatic rings. The van der Waals surface area contributed by atoms with Crippen LogP contribution in [0.1, 0.15) is 15.9 Å². The van der Waals surface area contributed by atoms with E-state index in [2.05, 4.69) is 0 Å². The highest BCUT2D eigenvalue weighted by molar-refractivity contribution is 6.47. The topological polar surface area (TPSA) is 57.2 Å². The summed E-state index contributed by atoms with van der Waals surface area (Å²) in [7, 11) is 9.91. The van der Waals surface area contributed by atoms with Crippen molar-refractivity contribution >= 4 is 29.1 Å². The van der Waals surface area contributed by atoms with Gasteiger partial charge in [0.05, 0.1) is 39.2 Å². The van der Waals surface area contributed by atoms with Crippen LogP contribution in [-0.4, -0.2) is 48.3 Å². The number of benzene rings is 2. The molecule has 0 radical (unpaired) electrons. The molecule has 0 aliphatic heterocycles. The average molecular weight is 406 g/mol. The molecule has 28 heavy (non-hydrogen) atoms. The van der Waals surface area contributed by atoms with E-state index in [0.717, 1.165) is 5.69 Å². The number of nitrogens with zero attached hydrogens (tertiary/aromatic N) is 1. The molecule has 0 aliphatic carbocycles. The van der Waals surface area contributed by atoms with Gasteiger partial charge in [0.2, 0.25) is 11.5 Å². The number of methoxy groups -OCH3 is 4. The van der Waals surface area contributed by atoms with Gasteiger partial charge in [0.25, 0.3) is 0 Å². The standard InChI is InChI=1S/C21H24ClNO5/c1-23(2)16-12-14(7-8-17(16)25-3)20(24)15(22)9-13-10-18(26-4)21(28-6)19(11-13)27-5/h7-12H,1-6H3. The number of Topliss-reactive ketones (excluding diaryl/α,β-unsaturated/α-hetero) is 1. The highest BCUT2D eigenvalue weighted by atomic mass is 35.5. The summed E-state index contributed by atoms with van der Waals surface area (Å²) in [5, 5.41) is 0.0594. The molecule has 150 valence electrons. The van der Waals surface area contributed by atoms with Gasteiger partial charge >= 0.3 is 0 Å². The molecule has 0 spiro atoms. The van der Waals surface area contributed by atoms with E-state index in [1.54, 1.807) is 43.5 Å². The molecule has 0 atom stereocenters. The minimum absolute atomic E-state index is 0.0594. The van der Waals surface area contributed by atoms with Gasteiger partial charge in [0, 0.05) is 19.7 Å². The van der Waals surface area contributed by atoms with Crippen LogP contribution in [0.15, 0.2) is 35.4 Å². The minimum Gasteiger partial charge on any atom is -0.495 e. The Hall–Kier alpha value is -2.86. The lowest BCUT2D eigenvalue weighted by Crippen LogP contribution is -2.11. The van der Waals surface area contributed by atoms with Gasteiger partial charge in [-0.3, -0.25) is 4.79 Å². The van der Waals surface area contributed by atoms with Crippen LogP contribution in [0.25, 0.3) is 6.08 Å². The maximum atomic E-state index is 12.8. The fourth-order valence-electron chi connectivity index (χ4n) is 2.72. The fraction of sp³-hybridized carbons (Fsp3) is 0.286. The molecule has 6 nitrogen and oxygen atoms in total. The van der Waals surface area contributed by atoms with Crippen molar-refractivity contribution < 1.29 is 23.7 Å². The van der Waals surface area contributed by atoms with E-state index in [1.807, 2.05) is 19.0 Å². The summed E-state index contributed by atoms with van der Waals surface area (Å²) in [4.78, 5) is 14.7. The van der Waals surface area contributed by atoms with Gasteiger partial charge in [-0.25, -0.2) is 0 Å². The Morgan fingerprint density at radius 3 is 1.93 bits per heavy atom. The molecule has 2 rings (SSSR count). The lowest BCUT2D eigenvalue weighted by atomic mass is 10.1. The second-order valence-electron chi connectivity index (χ2n) is 6.06. The van der Waals surface area contributed by atoms with E-state index in [1.165, 1.54) is 21.3 Å². The van der Waals surface area contributed by atoms with Crippen molar-refractivity contribution in [3.05, 3.63) is 46.5 Å². The zero-order valence-electron chi connectivity index (χ0n) is 16.8. The Labute approximate surface area is 170 Å². The van der Waals surface area contributed by atoms with Crippen LogP contribution in [0.5, 0.6) is 23.0 Å². The van der Waals surface area contributed by atoms with Crippen LogP contribution < -0.4 is 23.8 Å². The lowest BCUT2D eigenvalue weighted by Gasteiger charge is -2.17. The van der Waals surface area contributed by atoms with Crippen molar-refractivity contribution in [3.8, 4) is 23.0 Å². The molecule has 0 saturated carbocycles. The van der Waals surface area contributed by atoms with Crippen molar-refractivity contribution in [2.24, 2.45) is 0 Å². The molecule has 0 aliphatic rings. The first-order valence-electron chi connectivity index (χ1n) is 8.43. The second kappa shape index (κ2) is 9.37. The highest BCUT2D eigenvalue weighted by Gasteiger charge is 2.16. The SMILES string of the molecule is COc1ccc(C(=O)C(Cl)=Cc2cc(OC)c(OC)c(OC)c2)cc1N(C)C. The molecule has 0 saturated heterocycles. The average Bonchev–Trinajstić information content (AvgIpc) is 2.71. The molecule has 0 unspecified atom stereocenters. The predicted molar refractivity (Wildman–Crippen MR) is 112 cm³/mol. The molecule has 0 N–H and O–H groups in total. The monoisotopic (exact) mass is 405 g/mol.